The number of nitrogens with zero attached hydrogens (tertiary/aromatic N) is 4. The second kappa shape index (κ2) is 4.64. The van der Waals surface area contributed by atoms with Crippen molar-refractivity contribution in [1.29, 1.82) is 0 Å². The average Bonchev–Trinajstić information content (AvgIpc) is 3.08. The fourth-order valence-electron chi connectivity index (χ4n) is 1.90. The van der Waals surface area contributed by atoms with E-state index in [-0.39, 0.29) is 5.82 Å². The Morgan fingerprint density at radius 2 is 2.21 bits per heavy atom. The van der Waals surface area contributed by atoms with Gasteiger partial charge < -0.3 is 0 Å². The van der Waals surface area contributed by atoms with E-state index < -0.39 is 0 Å². The number of aryl methyl sites for hydroxylation is 1. The molecule has 3 aromatic heterocycles. The quantitative estimate of drug-likeness (QED) is 0.784. The first kappa shape index (κ1) is 11.6. The van der Waals surface area contributed by atoms with E-state index in [2.05, 4.69) is 20.3 Å². The van der Waals surface area contributed by atoms with Crippen molar-refractivity contribution in [3.05, 3.63) is 42.7 Å². The predicted octanol–water partition coefficient (Wildman–Crippen LogP) is 2.49. The monoisotopic (exact) mass is 257 g/mol. The molecule has 0 aliphatic rings. The number of rotatable bonds is 3. The molecule has 0 aliphatic carbocycles. The summed E-state index contributed by atoms with van der Waals surface area (Å²) in [4.78, 5) is 4.09. The molecule has 0 spiro atoms. The maximum Gasteiger partial charge on any atom is 0.141 e. The molecule has 3 rings (SSSR count). The number of aromatic amines is 1. The lowest BCUT2D eigenvalue weighted by Gasteiger charge is -1.99. The van der Waals surface area contributed by atoms with Crippen molar-refractivity contribution >= 4 is 0 Å². The molecule has 0 unspecified atom stereocenters. The van der Waals surface area contributed by atoms with Gasteiger partial charge in [-0.2, -0.15) is 10.2 Å². The Bertz CT molecular complexity index is 670. The maximum atomic E-state index is 12.9. The molecule has 0 aliphatic heterocycles. The Hall–Kier alpha value is -2.50. The van der Waals surface area contributed by atoms with Crippen LogP contribution in [0.3, 0.4) is 0 Å². The Morgan fingerprint density at radius 3 is 2.84 bits per heavy atom. The van der Waals surface area contributed by atoms with Gasteiger partial charge in [-0.25, -0.2) is 4.39 Å². The first-order chi connectivity index (χ1) is 9.28. The number of hydrogen-bond donors (Lipinski definition) is 1. The lowest BCUT2D eigenvalue weighted by atomic mass is 10.1. The maximum absolute atomic E-state index is 12.9. The molecule has 3 heterocycles. The van der Waals surface area contributed by atoms with Crippen molar-refractivity contribution in [1.82, 2.24) is 25.0 Å². The van der Waals surface area contributed by atoms with Crippen LogP contribution in [0.2, 0.25) is 0 Å². The largest absolute Gasteiger partial charge is 0.285 e. The van der Waals surface area contributed by atoms with Gasteiger partial charge in [-0.15, -0.1) is 0 Å². The van der Waals surface area contributed by atoms with Crippen molar-refractivity contribution < 1.29 is 4.39 Å². The highest BCUT2D eigenvalue weighted by atomic mass is 19.1. The first-order valence-electron chi connectivity index (χ1n) is 5.96. The number of halogens is 1. The lowest BCUT2D eigenvalue weighted by molar-refractivity contribution is 0.621. The normalized spacial score (nSPS) is 10.8. The molecule has 0 saturated heterocycles. The SMILES string of the molecule is CCn1cc(-c2cn[nH]c2)c(-c2ccc(F)cn2)n1. The van der Waals surface area contributed by atoms with Crippen molar-refractivity contribution in [2.75, 3.05) is 0 Å². The van der Waals surface area contributed by atoms with Crippen LogP contribution >= 0.6 is 0 Å². The zero-order valence-electron chi connectivity index (χ0n) is 10.3. The van der Waals surface area contributed by atoms with E-state index in [4.69, 9.17) is 0 Å². The molecule has 0 bridgehead atoms. The Morgan fingerprint density at radius 1 is 1.32 bits per heavy atom. The number of aromatic nitrogens is 5. The zero-order valence-corrected chi connectivity index (χ0v) is 10.3. The molecular formula is C13H12FN5. The third-order valence-corrected chi connectivity index (χ3v) is 2.86. The summed E-state index contributed by atoms with van der Waals surface area (Å²) in [5.41, 5.74) is 3.23. The highest BCUT2D eigenvalue weighted by molar-refractivity contribution is 5.77. The van der Waals surface area contributed by atoms with Gasteiger partial charge in [-0.1, -0.05) is 0 Å². The summed E-state index contributed by atoms with van der Waals surface area (Å²) in [6, 6.07) is 3.01. The first-order valence-corrected chi connectivity index (χ1v) is 5.96. The van der Waals surface area contributed by atoms with Crippen LogP contribution in [0, 0.1) is 5.82 Å². The molecule has 0 radical (unpaired) electrons. The van der Waals surface area contributed by atoms with Crippen LogP contribution in [0.1, 0.15) is 6.92 Å². The van der Waals surface area contributed by atoms with Gasteiger partial charge in [-0.05, 0) is 19.1 Å². The Kier molecular flexibility index (Phi) is 2.83. The summed E-state index contributed by atoms with van der Waals surface area (Å²) in [7, 11) is 0. The molecule has 0 atom stereocenters. The van der Waals surface area contributed by atoms with Gasteiger partial charge >= 0.3 is 0 Å². The van der Waals surface area contributed by atoms with Crippen LogP contribution in [0.5, 0.6) is 0 Å². The molecule has 0 amide bonds. The van der Waals surface area contributed by atoms with Crippen LogP contribution < -0.4 is 0 Å². The van der Waals surface area contributed by atoms with E-state index in [9.17, 15) is 4.39 Å². The topological polar surface area (TPSA) is 59.4 Å². The molecule has 0 fully saturated rings. The van der Waals surface area contributed by atoms with Crippen molar-refractivity contribution in [2.45, 2.75) is 13.5 Å². The second-order valence-electron chi connectivity index (χ2n) is 4.10. The molecule has 1 N–H and O–H groups in total. The summed E-state index contributed by atoms with van der Waals surface area (Å²) in [5.74, 6) is -0.358. The van der Waals surface area contributed by atoms with Crippen molar-refractivity contribution in [3.63, 3.8) is 0 Å². The minimum Gasteiger partial charge on any atom is -0.285 e. The average molecular weight is 257 g/mol. The lowest BCUT2D eigenvalue weighted by Crippen LogP contribution is -1.94. The number of pyridine rings is 1. The molecule has 19 heavy (non-hydrogen) atoms. The van der Waals surface area contributed by atoms with Crippen molar-refractivity contribution in [2.24, 2.45) is 0 Å². The van der Waals surface area contributed by atoms with Crippen LogP contribution in [-0.2, 0) is 6.54 Å². The molecule has 0 aromatic carbocycles. The highest BCUT2D eigenvalue weighted by Gasteiger charge is 2.14. The summed E-state index contributed by atoms with van der Waals surface area (Å²) >= 11 is 0. The minimum atomic E-state index is -0.358. The molecule has 96 valence electrons. The summed E-state index contributed by atoms with van der Waals surface area (Å²) in [6.07, 6.45) is 6.65. The predicted molar refractivity (Wildman–Crippen MR) is 68.7 cm³/mol. The van der Waals surface area contributed by atoms with Crippen LogP contribution in [-0.4, -0.2) is 25.0 Å². The number of nitrogens with one attached hydrogen (secondary N) is 1. The third kappa shape index (κ3) is 2.12. The van der Waals surface area contributed by atoms with E-state index >= 15 is 0 Å². The molecule has 6 heteroatoms. The molecular weight excluding hydrogens is 245 g/mol. The summed E-state index contributed by atoms with van der Waals surface area (Å²) in [6.45, 7) is 2.76. The van der Waals surface area contributed by atoms with Gasteiger partial charge in [0.05, 0.1) is 18.1 Å². The van der Waals surface area contributed by atoms with E-state index in [0.29, 0.717) is 5.69 Å². The van der Waals surface area contributed by atoms with Crippen molar-refractivity contribution in [3.8, 4) is 22.5 Å². The fraction of sp³-hybridized carbons (Fsp3) is 0.154. The van der Waals surface area contributed by atoms with Gasteiger partial charge in [0.2, 0.25) is 0 Å². The van der Waals surface area contributed by atoms with Crippen LogP contribution in [0.25, 0.3) is 22.5 Å². The van der Waals surface area contributed by atoms with Crippen LogP contribution in [0.4, 0.5) is 4.39 Å². The second-order valence-corrected chi connectivity index (χ2v) is 4.10. The fourth-order valence-corrected chi connectivity index (χ4v) is 1.90. The number of hydrogen-bond acceptors (Lipinski definition) is 3. The standard InChI is InChI=1S/C13H12FN5/c1-2-19-8-11(9-5-16-17-6-9)13(18-19)12-4-3-10(14)7-15-12/h3-8H,2H2,1H3,(H,16,17). The molecule has 0 saturated carbocycles. The highest BCUT2D eigenvalue weighted by Crippen LogP contribution is 2.29. The van der Waals surface area contributed by atoms with Gasteiger partial charge in [0.1, 0.15) is 11.5 Å². The van der Waals surface area contributed by atoms with E-state index in [1.54, 1.807) is 18.5 Å². The summed E-state index contributed by atoms with van der Waals surface area (Å²) in [5, 5.41) is 11.2. The zero-order chi connectivity index (χ0) is 13.2. The Labute approximate surface area is 109 Å². The van der Waals surface area contributed by atoms with Gasteiger partial charge in [0.15, 0.2) is 0 Å². The van der Waals surface area contributed by atoms with E-state index in [1.165, 1.54) is 12.3 Å². The van der Waals surface area contributed by atoms with E-state index in [0.717, 1.165) is 23.4 Å². The Balaban J connectivity index is 2.14. The van der Waals surface area contributed by atoms with Gasteiger partial charge in [0.25, 0.3) is 0 Å². The number of H-pyrrole nitrogens is 1. The van der Waals surface area contributed by atoms with Gasteiger partial charge in [0, 0.05) is 30.1 Å². The van der Waals surface area contributed by atoms with Crippen LogP contribution in [0.15, 0.2) is 36.9 Å². The molecule has 5 nitrogen and oxygen atoms in total. The minimum absolute atomic E-state index is 0.358. The van der Waals surface area contributed by atoms with E-state index in [1.807, 2.05) is 17.8 Å². The smallest absolute Gasteiger partial charge is 0.141 e. The van der Waals surface area contributed by atoms with Gasteiger partial charge in [-0.3, -0.25) is 14.8 Å². The summed E-state index contributed by atoms with van der Waals surface area (Å²) < 4.78 is 14.8. The molecule has 3 aromatic rings. The third-order valence-electron chi connectivity index (χ3n) is 2.86.